The molecule has 0 aliphatic carbocycles. The second kappa shape index (κ2) is 11.2. The Balaban J connectivity index is 1.74. The molecule has 1 aliphatic rings. The number of aliphatic hydroxyl groups is 1. The summed E-state index contributed by atoms with van der Waals surface area (Å²) in [5.41, 5.74) is 1.07. The highest BCUT2D eigenvalue weighted by Gasteiger charge is 2.46. The van der Waals surface area contributed by atoms with Gasteiger partial charge in [0.05, 0.1) is 38.3 Å². The molecule has 1 aromatic heterocycles. The van der Waals surface area contributed by atoms with Gasteiger partial charge in [0.25, 0.3) is 11.7 Å². The number of carbonyl (C=O) groups is 2. The van der Waals surface area contributed by atoms with Crippen molar-refractivity contribution in [3.63, 3.8) is 0 Å². The summed E-state index contributed by atoms with van der Waals surface area (Å²) in [7, 11) is 3.05. The van der Waals surface area contributed by atoms with E-state index in [9.17, 15) is 14.7 Å². The highest BCUT2D eigenvalue weighted by Crippen LogP contribution is 2.42. The zero-order valence-electron chi connectivity index (χ0n) is 21.4. The lowest BCUT2D eigenvalue weighted by atomic mass is 9.95. The van der Waals surface area contributed by atoms with Crippen LogP contribution in [0.2, 0.25) is 0 Å². The number of ketones is 1. The molecule has 1 fully saturated rings. The number of aromatic nitrogens is 2. The van der Waals surface area contributed by atoms with Gasteiger partial charge < -0.3 is 28.8 Å². The highest BCUT2D eigenvalue weighted by molar-refractivity contribution is 6.46. The average molecular weight is 506 g/mol. The minimum absolute atomic E-state index is 0.00264. The van der Waals surface area contributed by atoms with Gasteiger partial charge in [0, 0.05) is 31.0 Å². The summed E-state index contributed by atoms with van der Waals surface area (Å²) in [6.45, 7) is 4.77. The van der Waals surface area contributed by atoms with Crippen LogP contribution in [0.3, 0.4) is 0 Å². The van der Waals surface area contributed by atoms with E-state index in [4.69, 9.17) is 14.2 Å². The second-order valence-electron chi connectivity index (χ2n) is 8.95. The van der Waals surface area contributed by atoms with Crippen LogP contribution in [-0.2, 0) is 16.1 Å². The van der Waals surface area contributed by atoms with E-state index in [0.717, 1.165) is 0 Å². The number of rotatable bonds is 10. The number of carbonyl (C=O) groups excluding carboxylic acids is 2. The summed E-state index contributed by atoms with van der Waals surface area (Å²) in [5.74, 6) is -0.0216. The van der Waals surface area contributed by atoms with Gasteiger partial charge in [-0.15, -0.1) is 0 Å². The minimum atomic E-state index is -0.797. The topological polar surface area (TPSA) is 103 Å². The van der Waals surface area contributed by atoms with E-state index in [1.165, 1.54) is 19.1 Å². The summed E-state index contributed by atoms with van der Waals surface area (Å²) in [4.78, 5) is 32.1. The number of ether oxygens (including phenoxy) is 3. The maximum Gasteiger partial charge on any atom is 0.295 e. The monoisotopic (exact) mass is 505 g/mol. The van der Waals surface area contributed by atoms with Gasteiger partial charge >= 0.3 is 0 Å². The number of likely N-dealkylation sites (tertiary alicyclic amines) is 1. The summed E-state index contributed by atoms with van der Waals surface area (Å²) >= 11 is 0. The number of aryl methyl sites for hydroxylation is 1. The van der Waals surface area contributed by atoms with Gasteiger partial charge in [-0.2, -0.15) is 0 Å². The van der Waals surface area contributed by atoms with Crippen LogP contribution in [0.15, 0.2) is 66.8 Å². The third kappa shape index (κ3) is 5.45. The summed E-state index contributed by atoms with van der Waals surface area (Å²) < 4.78 is 18.4. The Morgan fingerprint density at radius 1 is 1.03 bits per heavy atom. The molecule has 3 aromatic rings. The van der Waals surface area contributed by atoms with Crippen LogP contribution in [0, 0.1) is 0 Å². The van der Waals surface area contributed by atoms with Crippen molar-refractivity contribution in [3.05, 3.63) is 77.9 Å². The van der Waals surface area contributed by atoms with Gasteiger partial charge in [0.1, 0.15) is 11.5 Å². The minimum Gasteiger partial charge on any atom is -0.507 e. The van der Waals surface area contributed by atoms with Gasteiger partial charge in [-0.05, 0) is 62.2 Å². The number of Topliss-reactive ketones (excluding diaryl/α,β-unsaturated/α-hetero) is 1. The molecule has 0 saturated carbocycles. The average Bonchev–Trinajstić information content (AvgIpc) is 3.50. The third-order valence-corrected chi connectivity index (χ3v) is 6.14. The standard InChI is InChI=1S/C28H31N3O6/c1-18(2)37-21-9-6-19(7-10-21)26(32)24-25(20-8-11-22(35-3)23(16-20)36-4)31(28(34)27(24)33)14-5-13-30-15-12-29-17-30/h6-12,15-18,25,32H,5,13-14H2,1-4H3/b26-24+. The first-order valence-corrected chi connectivity index (χ1v) is 12.1. The van der Waals surface area contributed by atoms with Crippen molar-refractivity contribution < 1.29 is 28.9 Å². The molecule has 2 heterocycles. The summed E-state index contributed by atoms with van der Waals surface area (Å²) in [6, 6.07) is 11.2. The Morgan fingerprint density at radius 2 is 1.76 bits per heavy atom. The van der Waals surface area contributed by atoms with Crippen LogP contribution in [0.25, 0.3) is 5.76 Å². The van der Waals surface area contributed by atoms with Crippen molar-refractivity contribution in [3.8, 4) is 17.2 Å². The van der Waals surface area contributed by atoms with Crippen molar-refractivity contribution >= 4 is 17.4 Å². The molecule has 0 radical (unpaired) electrons. The fourth-order valence-corrected chi connectivity index (χ4v) is 4.44. The van der Waals surface area contributed by atoms with Gasteiger partial charge in [0.15, 0.2) is 11.5 Å². The Morgan fingerprint density at radius 3 is 2.38 bits per heavy atom. The number of imidazole rings is 1. The van der Waals surface area contributed by atoms with Gasteiger partial charge in [-0.25, -0.2) is 4.98 Å². The molecule has 1 aliphatic heterocycles. The molecule has 37 heavy (non-hydrogen) atoms. The van der Waals surface area contributed by atoms with Crippen LogP contribution >= 0.6 is 0 Å². The second-order valence-corrected chi connectivity index (χ2v) is 8.95. The molecule has 1 unspecified atom stereocenters. The molecule has 1 saturated heterocycles. The first-order valence-electron chi connectivity index (χ1n) is 12.1. The van der Waals surface area contributed by atoms with Crippen molar-refractivity contribution in [2.45, 2.75) is 39.0 Å². The molecule has 1 amide bonds. The molecular formula is C28H31N3O6. The number of hydrogen-bond acceptors (Lipinski definition) is 7. The lowest BCUT2D eigenvalue weighted by Gasteiger charge is -2.26. The van der Waals surface area contributed by atoms with E-state index in [1.54, 1.807) is 55.0 Å². The number of methoxy groups -OCH3 is 2. The van der Waals surface area contributed by atoms with Crippen LogP contribution in [0.1, 0.15) is 37.4 Å². The number of hydrogen-bond donors (Lipinski definition) is 1. The summed E-state index contributed by atoms with van der Waals surface area (Å²) in [5, 5.41) is 11.3. The van der Waals surface area contributed by atoms with Crippen LogP contribution in [0.4, 0.5) is 0 Å². The first kappa shape index (κ1) is 25.8. The maximum absolute atomic E-state index is 13.3. The zero-order chi connectivity index (χ0) is 26.5. The Labute approximate surface area is 215 Å². The van der Waals surface area contributed by atoms with E-state index >= 15 is 0 Å². The fraction of sp³-hybridized carbons (Fsp3) is 0.321. The van der Waals surface area contributed by atoms with Crippen molar-refractivity contribution in [1.82, 2.24) is 14.5 Å². The molecule has 2 aromatic carbocycles. The van der Waals surface area contributed by atoms with E-state index in [2.05, 4.69) is 4.98 Å². The molecule has 9 nitrogen and oxygen atoms in total. The maximum atomic E-state index is 13.3. The van der Waals surface area contributed by atoms with E-state index in [0.29, 0.717) is 47.9 Å². The predicted molar refractivity (Wildman–Crippen MR) is 138 cm³/mol. The third-order valence-electron chi connectivity index (χ3n) is 6.14. The van der Waals surface area contributed by atoms with Crippen LogP contribution < -0.4 is 14.2 Å². The number of nitrogens with zero attached hydrogens (tertiary/aromatic N) is 3. The van der Waals surface area contributed by atoms with E-state index < -0.39 is 17.7 Å². The van der Waals surface area contributed by atoms with Crippen LogP contribution in [0.5, 0.6) is 17.2 Å². The largest absolute Gasteiger partial charge is 0.507 e. The van der Waals surface area contributed by atoms with E-state index in [-0.39, 0.29) is 17.4 Å². The molecule has 0 spiro atoms. The van der Waals surface area contributed by atoms with Crippen LogP contribution in [-0.4, -0.2) is 58.1 Å². The lowest BCUT2D eigenvalue weighted by molar-refractivity contribution is -0.139. The molecule has 1 atom stereocenters. The molecule has 4 rings (SSSR count). The van der Waals surface area contributed by atoms with Crippen molar-refractivity contribution in [1.29, 1.82) is 0 Å². The van der Waals surface area contributed by atoms with Gasteiger partial charge in [0.2, 0.25) is 0 Å². The van der Waals surface area contributed by atoms with Crippen molar-refractivity contribution in [2.24, 2.45) is 0 Å². The summed E-state index contributed by atoms with van der Waals surface area (Å²) in [6.07, 6.45) is 5.82. The molecule has 1 N–H and O–H groups in total. The molecule has 194 valence electrons. The Kier molecular flexibility index (Phi) is 7.81. The Bertz CT molecular complexity index is 1280. The smallest absolute Gasteiger partial charge is 0.295 e. The first-order chi connectivity index (χ1) is 17.8. The number of amides is 1. The number of aliphatic hydroxyl groups excluding tert-OH is 1. The SMILES string of the molecule is COc1ccc(C2/C(=C(\O)c3ccc(OC(C)C)cc3)C(=O)C(=O)N2CCCn2ccnc2)cc1OC. The zero-order valence-corrected chi connectivity index (χ0v) is 21.4. The Hall–Kier alpha value is -4.27. The predicted octanol–water partition coefficient (Wildman–Crippen LogP) is 4.20. The fourth-order valence-electron chi connectivity index (χ4n) is 4.44. The van der Waals surface area contributed by atoms with E-state index in [1.807, 2.05) is 24.6 Å². The molecule has 0 bridgehead atoms. The van der Waals surface area contributed by atoms with Crippen molar-refractivity contribution in [2.75, 3.05) is 20.8 Å². The lowest BCUT2D eigenvalue weighted by Crippen LogP contribution is -2.31. The normalized spacial score (nSPS) is 16.9. The van der Waals surface area contributed by atoms with Gasteiger partial charge in [-0.3, -0.25) is 9.59 Å². The molecule has 9 heteroatoms. The van der Waals surface area contributed by atoms with Gasteiger partial charge in [-0.1, -0.05) is 6.07 Å². The molecular weight excluding hydrogens is 474 g/mol. The number of benzene rings is 2. The quantitative estimate of drug-likeness (QED) is 0.250. The highest BCUT2D eigenvalue weighted by atomic mass is 16.5.